The molecule has 0 N–H and O–H groups in total. The van der Waals surface area contributed by atoms with Gasteiger partial charge in [-0.2, -0.15) is 0 Å². The molecule has 94 valence electrons. The van der Waals surface area contributed by atoms with Gasteiger partial charge in [0.1, 0.15) is 0 Å². The fraction of sp³-hybridized carbons (Fsp3) is 1.00. The van der Waals surface area contributed by atoms with Gasteiger partial charge < -0.3 is 4.74 Å². The van der Waals surface area contributed by atoms with Gasteiger partial charge in [-0.05, 0) is 43.4 Å². The molecule has 2 fully saturated rings. The predicted octanol–water partition coefficient (Wildman–Crippen LogP) is 4.39. The molecule has 2 rings (SSSR count). The fourth-order valence-corrected chi connectivity index (χ4v) is 3.72. The van der Waals surface area contributed by atoms with Crippen molar-refractivity contribution < 1.29 is 4.74 Å². The maximum absolute atomic E-state index is 6.02. The standard InChI is InChI=1S/C14H25BrO/c1-13(2,3)6-7-14(10-15)8-9-16-12(14)11-4-5-11/h11-12H,4-10H2,1-3H3. The van der Waals surface area contributed by atoms with Crippen molar-refractivity contribution in [1.29, 1.82) is 0 Å². The molecule has 1 nitrogen and oxygen atoms in total. The highest BCUT2D eigenvalue weighted by molar-refractivity contribution is 9.09. The third-order valence-corrected chi connectivity index (χ3v) is 5.31. The summed E-state index contributed by atoms with van der Waals surface area (Å²) in [6, 6.07) is 0. The molecule has 16 heavy (non-hydrogen) atoms. The van der Waals surface area contributed by atoms with Gasteiger partial charge in [0.25, 0.3) is 0 Å². The quantitative estimate of drug-likeness (QED) is 0.697. The number of rotatable bonds is 4. The Kier molecular flexibility index (Phi) is 3.71. The van der Waals surface area contributed by atoms with Crippen LogP contribution in [0.4, 0.5) is 0 Å². The molecule has 1 heterocycles. The number of ether oxygens (including phenoxy) is 1. The summed E-state index contributed by atoms with van der Waals surface area (Å²) in [4.78, 5) is 0. The van der Waals surface area contributed by atoms with Crippen molar-refractivity contribution in [2.24, 2.45) is 16.7 Å². The van der Waals surface area contributed by atoms with E-state index in [0.717, 1.165) is 17.9 Å². The second-order valence-electron chi connectivity index (χ2n) is 6.94. The highest BCUT2D eigenvalue weighted by Gasteiger charge is 2.50. The van der Waals surface area contributed by atoms with Crippen LogP contribution < -0.4 is 0 Å². The van der Waals surface area contributed by atoms with Crippen LogP contribution in [0, 0.1) is 16.7 Å². The number of hydrogen-bond acceptors (Lipinski definition) is 1. The number of halogens is 1. The summed E-state index contributed by atoms with van der Waals surface area (Å²) in [5.41, 5.74) is 0.889. The van der Waals surface area contributed by atoms with Gasteiger partial charge in [-0.1, -0.05) is 36.7 Å². The minimum atomic E-state index is 0.439. The summed E-state index contributed by atoms with van der Waals surface area (Å²) >= 11 is 3.76. The molecular formula is C14H25BrO. The molecule has 2 heteroatoms. The monoisotopic (exact) mass is 288 g/mol. The topological polar surface area (TPSA) is 9.23 Å². The number of alkyl halides is 1. The molecule has 2 aliphatic rings. The second kappa shape index (κ2) is 4.61. The smallest absolute Gasteiger partial charge is 0.0668 e. The second-order valence-corrected chi connectivity index (χ2v) is 7.50. The molecule has 1 aliphatic carbocycles. The van der Waals surface area contributed by atoms with Gasteiger partial charge in [0.05, 0.1) is 6.10 Å². The maximum atomic E-state index is 6.02. The first-order valence-corrected chi connectivity index (χ1v) is 7.77. The van der Waals surface area contributed by atoms with Crippen LogP contribution in [0.5, 0.6) is 0 Å². The van der Waals surface area contributed by atoms with Gasteiger partial charge in [-0.25, -0.2) is 0 Å². The predicted molar refractivity (Wildman–Crippen MR) is 72.0 cm³/mol. The summed E-state index contributed by atoms with van der Waals surface area (Å²) in [5.74, 6) is 0.875. The Hall–Kier alpha value is 0.440. The van der Waals surface area contributed by atoms with E-state index >= 15 is 0 Å². The highest BCUT2D eigenvalue weighted by atomic mass is 79.9. The van der Waals surface area contributed by atoms with Crippen LogP contribution in [-0.2, 0) is 4.74 Å². The van der Waals surface area contributed by atoms with Gasteiger partial charge in [0.2, 0.25) is 0 Å². The molecule has 0 spiro atoms. The summed E-state index contributed by atoms with van der Waals surface area (Å²) in [7, 11) is 0. The lowest BCUT2D eigenvalue weighted by atomic mass is 9.73. The van der Waals surface area contributed by atoms with E-state index in [1.807, 2.05) is 0 Å². The van der Waals surface area contributed by atoms with Crippen LogP contribution in [-0.4, -0.2) is 18.0 Å². The van der Waals surface area contributed by atoms with Crippen LogP contribution in [0.15, 0.2) is 0 Å². The Labute approximate surface area is 108 Å². The van der Waals surface area contributed by atoms with Crippen molar-refractivity contribution in [2.45, 2.75) is 59.0 Å². The van der Waals surface area contributed by atoms with Crippen LogP contribution in [0.1, 0.15) is 52.9 Å². The Morgan fingerprint density at radius 1 is 1.31 bits per heavy atom. The van der Waals surface area contributed by atoms with E-state index in [4.69, 9.17) is 4.74 Å². The van der Waals surface area contributed by atoms with Gasteiger partial charge in [0, 0.05) is 17.4 Å². The third kappa shape index (κ3) is 2.81. The molecule has 0 aromatic carbocycles. The Bertz CT molecular complexity index is 242. The Morgan fingerprint density at radius 3 is 2.50 bits per heavy atom. The molecule has 0 radical (unpaired) electrons. The first-order valence-electron chi connectivity index (χ1n) is 6.64. The van der Waals surface area contributed by atoms with Crippen molar-refractivity contribution in [1.82, 2.24) is 0 Å². The summed E-state index contributed by atoms with van der Waals surface area (Å²) in [6.07, 6.45) is 7.24. The molecule has 0 amide bonds. The van der Waals surface area contributed by atoms with Gasteiger partial charge in [-0.3, -0.25) is 0 Å². The molecule has 2 atom stereocenters. The maximum Gasteiger partial charge on any atom is 0.0668 e. The molecule has 0 aromatic rings. The SMILES string of the molecule is CC(C)(C)CCC1(CBr)CCOC1C1CC1. The average Bonchev–Trinajstić information content (AvgIpc) is 2.95. The van der Waals surface area contributed by atoms with Gasteiger partial charge >= 0.3 is 0 Å². The first kappa shape index (κ1) is 12.9. The Morgan fingerprint density at radius 2 is 2.00 bits per heavy atom. The molecule has 0 aromatic heterocycles. The Balaban J connectivity index is 1.99. The average molecular weight is 289 g/mol. The van der Waals surface area contributed by atoms with E-state index in [0.29, 0.717) is 16.9 Å². The van der Waals surface area contributed by atoms with Crippen LogP contribution >= 0.6 is 15.9 Å². The van der Waals surface area contributed by atoms with Crippen molar-refractivity contribution in [3.63, 3.8) is 0 Å². The van der Waals surface area contributed by atoms with E-state index < -0.39 is 0 Å². The largest absolute Gasteiger partial charge is 0.377 e. The molecule has 1 aliphatic heterocycles. The minimum absolute atomic E-state index is 0.439. The number of hydrogen-bond donors (Lipinski definition) is 0. The van der Waals surface area contributed by atoms with Crippen molar-refractivity contribution in [3.05, 3.63) is 0 Å². The van der Waals surface area contributed by atoms with Crippen molar-refractivity contribution in [3.8, 4) is 0 Å². The molecule has 1 saturated heterocycles. The summed E-state index contributed by atoms with van der Waals surface area (Å²) in [5, 5.41) is 1.12. The van der Waals surface area contributed by atoms with E-state index in [-0.39, 0.29) is 0 Å². The lowest BCUT2D eigenvalue weighted by Crippen LogP contribution is -2.35. The first-order chi connectivity index (χ1) is 7.47. The minimum Gasteiger partial charge on any atom is -0.377 e. The van der Waals surface area contributed by atoms with E-state index in [1.165, 1.54) is 32.1 Å². The fourth-order valence-electron chi connectivity index (χ4n) is 2.84. The molecule has 2 unspecified atom stereocenters. The zero-order chi connectivity index (χ0) is 11.8. The van der Waals surface area contributed by atoms with E-state index in [1.54, 1.807) is 0 Å². The van der Waals surface area contributed by atoms with Crippen LogP contribution in [0.3, 0.4) is 0 Å². The summed E-state index contributed by atoms with van der Waals surface area (Å²) in [6.45, 7) is 8.02. The van der Waals surface area contributed by atoms with E-state index in [2.05, 4.69) is 36.7 Å². The van der Waals surface area contributed by atoms with Gasteiger partial charge in [-0.15, -0.1) is 0 Å². The van der Waals surface area contributed by atoms with Crippen LogP contribution in [0.25, 0.3) is 0 Å². The van der Waals surface area contributed by atoms with Crippen LogP contribution in [0.2, 0.25) is 0 Å². The third-order valence-electron chi connectivity index (χ3n) is 4.19. The summed E-state index contributed by atoms with van der Waals surface area (Å²) < 4.78 is 6.02. The van der Waals surface area contributed by atoms with Crippen molar-refractivity contribution >= 4 is 15.9 Å². The highest BCUT2D eigenvalue weighted by Crippen LogP contribution is 2.51. The molecule has 0 bridgehead atoms. The molecule has 1 saturated carbocycles. The van der Waals surface area contributed by atoms with E-state index in [9.17, 15) is 0 Å². The van der Waals surface area contributed by atoms with Crippen molar-refractivity contribution in [2.75, 3.05) is 11.9 Å². The zero-order valence-corrected chi connectivity index (χ0v) is 12.5. The normalized spacial score (nSPS) is 35.6. The lowest BCUT2D eigenvalue weighted by molar-refractivity contribution is 0.0330. The molecular weight excluding hydrogens is 264 g/mol. The zero-order valence-electron chi connectivity index (χ0n) is 10.9. The lowest BCUT2D eigenvalue weighted by Gasteiger charge is -2.35. The van der Waals surface area contributed by atoms with Gasteiger partial charge in [0.15, 0.2) is 0 Å².